The molecule has 4 nitrogen and oxygen atoms in total. The van der Waals surface area contributed by atoms with Crippen molar-refractivity contribution in [1.82, 2.24) is 0 Å². The van der Waals surface area contributed by atoms with Crippen molar-refractivity contribution in [2.45, 2.75) is 26.3 Å². The molecule has 0 radical (unpaired) electrons. The van der Waals surface area contributed by atoms with Gasteiger partial charge in [-0.15, -0.1) is 0 Å². The van der Waals surface area contributed by atoms with Crippen LogP contribution in [-0.2, 0) is 16.1 Å². The van der Waals surface area contributed by atoms with Crippen molar-refractivity contribution >= 4 is 11.6 Å². The van der Waals surface area contributed by atoms with Gasteiger partial charge >= 0.3 is 0 Å². The van der Waals surface area contributed by atoms with E-state index in [1.807, 2.05) is 31.2 Å². The predicted molar refractivity (Wildman–Crippen MR) is 68.7 cm³/mol. The van der Waals surface area contributed by atoms with Gasteiger partial charge in [0.05, 0.1) is 0 Å². The maximum atomic E-state index is 11.6. The second-order valence-corrected chi connectivity index (χ2v) is 3.75. The molecule has 0 spiro atoms. The molecule has 1 aromatic carbocycles. The Hall–Kier alpha value is -1.39. The molecule has 4 heteroatoms. The summed E-state index contributed by atoms with van der Waals surface area (Å²) in [6.45, 7) is 3.75. The van der Waals surface area contributed by atoms with E-state index in [-0.39, 0.29) is 5.91 Å². The van der Waals surface area contributed by atoms with Crippen LogP contribution in [0.2, 0.25) is 0 Å². The van der Waals surface area contributed by atoms with E-state index >= 15 is 0 Å². The number of rotatable bonds is 7. The maximum Gasteiger partial charge on any atom is 0.224 e. The zero-order valence-corrected chi connectivity index (χ0v) is 10.2. The number of nitrogens with one attached hydrogen (secondary N) is 1. The van der Waals surface area contributed by atoms with Crippen molar-refractivity contribution in [2.75, 3.05) is 18.5 Å². The van der Waals surface area contributed by atoms with Crippen LogP contribution in [0.5, 0.6) is 0 Å². The standard InChI is InChI=1S/C13H20N2O2/c1-2-17-8-4-7-13(16)15-12-6-3-5-11(9-12)10-14/h3,5-6,9H,2,4,7-8,10,14H2,1H3,(H,15,16). The number of benzene rings is 1. The third-order valence-corrected chi connectivity index (χ3v) is 2.34. The Morgan fingerprint density at radius 3 is 3.00 bits per heavy atom. The summed E-state index contributed by atoms with van der Waals surface area (Å²) in [4.78, 5) is 11.6. The van der Waals surface area contributed by atoms with Gasteiger partial charge in [-0.1, -0.05) is 12.1 Å². The highest BCUT2D eigenvalue weighted by molar-refractivity contribution is 5.90. The van der Waals surface area contributed by atoms with Crippen LogP contribution in [0.15, 0.2) is 24.3 Å². The normalized spacial score (nSPS) is 10.2. The van der Waals surface area contributed by atoms with Gasteiger partial charge in [-0.05, 0) is 31.0 Å². The molecule has 0 heterocycles. The summed E-state index contributed by atoms with van der Waals surface area (Å²) >= 11 is 0. The average molecular weight is 236 g/mol. The number of anilines is 1. The first-order valence-corrected chi connectivity index (χ1v) is 5.93. The van der Waals surface area contributed by atoms with Gasteiger partial charge in [0.15, 0.2) is 0 Å². The molecule has 0 aliphatic rings. The molecule has 1 amide bonds. The van der Waals surface area contributed by atoms with E-state index in [2.05, 4.69) is 5.32 Å². The lowest BCUT2D eigenvalue weighted by Gasteiger charge is -2.06. The van der Waals surface area contributed by atoms with E-state index in [0.29, 0.717) is 26.2 Å². The number of amides is 1. The van der Waals surface area contributed by atoms with E-state index in [1.165, 1.54) is 0 Å². The van der Waals surface area contributed by atoms with E-state index < -0.39 is 0 Å². The quantitative estimate of drug-likeness (QED) is 0.711. The fourth-order valence-electron chi connectivity index (χ4n) is 1.48. The molecule has 0 saturated heterocycles. The third-order valence-electron chi connectivity index (χ3n) is 2.34. The summed E-state index contributed by atoms with van der Waals surface area (Å²) in [6.07, 6.45) is 1.23. The second kappa shape index (κ2) is 7.81. The van der Waals surface area contributed by atoms with E-state index in [1.54, 1.807) is 0 Å². The van der Waals surface area contributed by atoms with Gasteiger partial charge in [-0.2, -0.15) is 0 Å². The molecule has 94 valence electrons. The van der Waals surface area contributed by atoms with Crippen LogP contribution < -0.4 is 11.1 Å². The molecule has 0 aliphatic heterocycles. The number of nitrogens with two attached hydrogens (primary N) is 1. The summed E-state index contributed by atoms with van der Waals surface area (Å²) < 4.78 is 5.17. The monoisotopic (exact) mass is 236 g/mol. The van der Waals surface area contributed by atoms with Gasteiger partial charge in [0.2, 0.25) is 5.91 Å². The Morgan fingerprint density at radius 2 is 2.29 bits per heavy atom. The van der Waals surface area contributed by atoms with Gasteiger partial charge in [-0.25, -0.2) is 0 Å². The molecule has 0 fully saturated rings. The van der Waals surface area contributed by atoms with Gasteiger partial charge in [0.25, 0.3) is 0 Å². The molecule has 0 bridgehead atoms. The Kier molecular flexibility index (Phi) is 6.29. The Morgan fingerprint density at radius 1 is 1.47 bits per heavy atom. The predicted octanol–water partition coefficient (Wildman–Crippen LogP) is 1.90. The van der Waals surface area contributed by atoms with Crippen LogP contribution in [-0.4, -0.2) is 19.1 Å². The maximum absolute atomic E-state index is 11.6. The minimum absolute atomic E-state index is 0.0128. The smallest absolute Gasteiger partial charge is 0.224 e. The van der Waals surface area contributed by atoms with Gasteiger partial charge in [0.1, 0.15) is 0 Å². The first kappa shape index (κ1) is 13.7. The van der Waals surface area contributed by atoms with Crippen molar-refractivity contribution < 1.29 is 9.53 Å². The van der Waals surface area contributed by atoms with Gasteiger partial charge < -0.3 is 15.8 Å². The highest BCUT2D eigenvalue weighted by atomic mass is 16.5. The van der Waals surface area contributed by atoms with Crippen molar-refractivity contribution in [1.29, 1.82) is 0 Å². The first-order chi connectivity index (χ1) is 8.26. The molecule has 3 N–H and O–H groups in total. The summed E-state index contributed by atoms with van der Waals surface area (Å²) in [7, 11) is 0. The number of ether oxygens (including phenoxy) is 1. The molecule has 0 aliphatic carbocycles. The fourth-order valence-corrected chi connectivity index (χ4v) is 1.48. The summed E-state index contributed by atoms with van der Waals surface area (Å²) in [5, 5.41) is 2.84. The number of carbonyl (C=O) groups excluding carboxylic acids is 1. The van der Waals surface area contributed by atoms with E-state index in [9.17, 15) is 4.79 Å². The minimum atomic E-state index is 0.0128. The van der Waals surface area contributed by atoms with Crippen LogP contribution in [0.4, 0.5) is 5.69 Å². The van der Waals surface area contributed by atoms with Crippen LogP contribution in [0, 0.1) is 0 Å². The molecule has 1 rings (SSSR count). The van der Waals surface area contributed by atoms with Crippen molar-refractivity contribution in [3.63, 3.8) is 0 Å². The zero-order chi connectivity index (χ0) is 12.5. The topological polar surface area (TPSA) is 64.3 Å². The van der Waals surface area contributed by atoms with Crippen molar-refractivity contribution in [2.24, 2.45) is 5.73 Å². The lowest BCUT2D eigenvalue weighted by atomic mass is 10.2. The highest BCUT2D eigenvalue weighted by Crippen LogP contribution is 2.10. The lowest BCUT2D eigenvalue weighted by Crippen LogP contribution is -2.12. The zero-order valence-electron chi connectivity index (χ0n) is 10.2. The van der Waals surface area contributed by atoms with Crippen molar-refractivity contribution in [3.05, 3.63) is 29.8 Å². The van der Waals surface area contributed by atoms with Crippen LogP contribution in [0.1, 0.15) is 25.3 Å². The van der Waals surface area contributed by atoms with E-state index in [0.717, 1.165) is 17.7 Å². The summed E-state index contributed by atoms with van der Waals surface area (Å²) in [6, 6.07) is 7.57. The molecule has 0 aromatic heterocycles. The molecule has 17 heavy (non-hydrogen) atoms. The second-order valence-electron chi connectivity index (χ2n) is 3.75. The number of hydrogen-bond donors (Lipinski definition) is 2. The van der Waals surface area contributed by atoms with Crippen molar-refractivity contribution in [3.8, 4) is 0 Å². The molecule has 0 unspecified atom stereocenters. The SMILES string of the molecule is CCOCCCC(=O)Nc1cccc(CN)c1. The highest BCUT2D eigenvalue weighted by Gasteiger charge is 2.02. The summed E-state index contributed by atoms with van der Waals surface area (Å²) in [5.74, 6) is 0.0128. The Bertz CT molecular complexity index is 353. The van der Waals surface area contributed by atoms with Crippen LogP contribution in [0.25, 0.3) is 0 Å². The van der Waals surface area contributed by atoms with Crippen LogP contribution >= 0.6 is 0 Å². The molecule has 1 aromatic rings. The van der Waals surface area contributed by atoms with Gasteiger partial charge in [-0.3, -0.25) is 4.79 Å². The number of hydrogen-bond acceptors (Lipinski definition) is 3. The largest absolute Gasteiger partial charge is 0.382 e. The molecule has 0 atom stereocenters. The summed E-state index contributed by atoms with van der Waals surface area (Å²) in [5.41, 5.74) is 7.35. The van der Waals surface area contributed by atoms with E-state index in [4.69, 9.17) is 10.5 Å². The molecule has 0 saturated carbocycles. The Labute approximate surface area is 102 Å². The lowest BCUT2D eigenvalue weighted by molar-refractivity contribution is -0.116. The van der Waals surface area contributed by atoms with Gasteiger partial charge in [0, 0.05) is 31.9 Å². The minimum Gasteiger partial charge on any atom is -0.382 e. The molecular weight excluding hydrogens is 216 g/mol. The number of carbonyl (C=O) groups is 1. The Balaban J connectivity index is 2.34. The first-order valence-electron chi connectivity index (χ1n) is 5.93. The molecular formula is C13H20N2O2. The fraction of sp³-hybridized carbons (Fsp3) is 0.462. The average Bonchev–Trinajstić information content (AvgIpc) is 2.35. The van der Waals surface area contributed by atoms with Crippen LogP contribution in [0.3, 0.4) is 0 Å². The third kappa shape index (κ3) is 5.47.